The molecule has 1 aliphatic heterocycles. The Morgan fingerprint density at radius 1 is 1.25 bits per heavy atom. The van der Waals surface area contributed by atoms with E-state index < -0.39 is 0 Å². The van der Waals surface area contributed by atoms with Crippen molar-refractivity contribution in [2.45, 2.75) is 31.6 Å². The number of H-pyrrole nitrogens is 2. The van der Waals surface area contributed by atoms with Crippen molar-refractivity contribution in [2.24, 2.45) is 0 Å². The van der Waals surface area contributed by atoms with Gasteiger partial charge in [0.15, 0.2) is 5.16 Å². The van der Waals surface area contributed by atoms with Gasteiger partial charge in [-0.15, -0.1) is 0 Å². The number of hydrogen-bond donors (Lipinski definition) is 2. The summed E-state index contributed by atoms with van der Waals surface area (Å²) in [5.74, 6) is 1.88. The first-order valence-corrected chi connectivity index (χ1v) is 9.03. The third-order valence-corrected chi connectivity index (χ3v) is 4.80. The van der Waals surface area contributed by atoms with E-state index in [4.69, 9.17) is 4.98 Å². The molecule has 8 heteroatoms. The highest BCUT2D eigenvalue weighted by Gasteiger charge is 2.21. The molecule has 0 saturated heterocycles. The van der Waals surface area contributed by atoms with Crippen molar-refractivity contribution >= 4 is 11.8 Å². The molecular formula is C16H19N7S. The van der Waals surface area contributed by atoms with E-state index in [1.807, 2.05) is 18.6 Å². The van der Waals surface area contributed by atoms with E-state index in [2.05, 4.69) is 37.0 Å². The zero-order chi connectivity index (χ0) is 16.4. The number of imidazole rings is 1. The molecule has 24 heavy (non-hydrogen) atoms. The maximum atomic E-state index is 4.70. The summed E-state index contributed by atoms with van der Waals surface area (Å²) in [6.07, 6.45) is 8.47. The average molecular weight is 341 g/mol. The minimum absolute atomic E-state index is 0.848. The van der Waals surface area contributed by atoms with Crippen molar-refractivity contribution in [3.63, 3.8) is 0 Å². The molecule has 4 heterocycles. The first-order chi connectivity index (χ1) is 11.8. The predicted molar refractivity (Wildman–Crippen MR) is 92.4 cm³/mol. The van der Waals surface area contributed by atoms with Crippen LogP contribution in [0.25, 0.3) is 11.4 Å². The summed E-state index contributed by atoms with van der Waals surface area (Å²) in [5, 5.41) is 7.66. The van der Waals surface area contributed by atoms with Crippen LogP contribution in [0.2, 0.25) is 0 Å². The van der Waals surface area contributed by atoms with Crippen LogP contribution in [-0.4, -0.2) is 47.3 Å². The third-order valence-electron chi connectivity index (χ3n) is 4.04. The minimum Gasteiger partial charge on any atom is -0.340 e. The van der Waals surface area contributed by atoms with Gasteiger partial charge in [0.1, 0.15) is 5.82 Å². The number of fused-ring (bicyclic) bond motifs is 1. The molecule has 0 aromatic carbocycles. The fourth-order valence-electron chi connectivity index (χ4n) is 2.89. The number of nitrogens with one attached hydrogen (secondary N) is 2. The highest BCUT2D eigenvalue weighted by molar-refractivity contribution is 7.99. The fraction of sp³-hybridized carbons (Fsp3) is 0.375. The first kappa shape index (κ1) is 15.3. The van der Waals surface area contributed by atoms with Gasteiger partial charge in [0.2, 0.25) is 0 Å². The second-order valence-corrected chi connectivity index (χ2v) is 7.00. The SMILES string of the molecule is CCSc1ncc(CN2CCc3nc(-c4cn[nH]c4)[nH]c3C2)cn1. The standard InChI is InChI=1S/C16H19N7S/c1-2-24-16-17-5-11(6-18-16)9-23-4-3-13-14(10-23)22-15(21-13)12-7-19-20-8-12/h5-8H,2-4,9-10H2,1H3,(H,19,20)(H,21,22). The van der Waals surface area contributed by atoms with Crippen molar-refractivity contribution in [1.82, 2.24) is 35.0 Å². The van der Waals surface area contributed by atoms with Gasteiger partial charge in [0.25, 0.3) is 0 Å². The molecule has 0 fully saturated rings. The normalized spacial score (nSPS) is 14.7. The molecule has 0 bridgehead atoms. The van der Waals surface area contributed by atoms with Crippen molar-refractivity contribution in [2.75, 3.05) is 12.3 Å². The first-order valence-electron chi connectivity index (χ1n) is 8.05. The Morgan fingerprint density at radius 2 is 2.12 bits per heavy atom. The van der Waals surface area contributed by atoms with Crippen LogP contribution in [0.15, 0.2) is 29.9 Å². The van der Waals surface area contributed by atoms with E-state index in [1.54, 1.807) is 18.0 Å². The second kappa shape index (κ2) is 6.74. The lowest BCUT2D eigenvalue weighted by atomic mass is 10.1. The van der Waals surface area contributed by atoms with Crippen LogP contribution in [0.4, 0.5) is 0 Å². The van der Waals surface area contributed by atoms with E-state index in [0.717, 1.165) is 59.6 Å². The van der Waals surface area contributed by atoms with E-state index >= 15 is 0 Å². The average Bonchev–Trinajstić information content (AvgIpc) is 3.25. The van der Waals surface area contributed by atoms with Crippen molar-refractivity contribution < 1.29 is 0 Å². The van der Waals surface area contributed by atoms with Crippen LogP contribution in [0.1, 0.15) is 23.9 Å². The molecule has 0 unspecified atom stereocenters. The Hall–Kier alpha value is -2.19. The molecule has 4 rings (SSSR count). The van der Waals surface area contributed by atoms with Gasteiger partial charge < -0.3 is 4.98 Å². The maximum Gasteiger partial charge on any atom is 0.187 e. The molecule has 3 aromatic rings. The van der Waals surface area contributed by atoms with Gasteiger partial charge in [-0.1, -0.05) is 18.7 Å². The van der Waals surface area contributed by atoms with Crippen LogP contribution in [-0.2, 0) is 19.5 Å². The van der Waals surface area contributed by atoms with Crippen LogP contribution in [0.5, 0.6) is 0 Å². The lowest BCUT2D eigenvalue weighted by molar-refractivity contribution is 0.241. The molecule has 0 saturated carbocycles. The third kappa shape index (κ3) is 3.20. The highest BCUT2D eigenvalue weighted by atomic mass is 32.2. The summed E-state index contributed by atoms with van der Waals surface area (Å²) in [5.41, 5.74) is 4.49. The molecule has 0 amide bonds. The number of nitrogens with zero attached hydrogens (tertiary/aromatic N) is 5. The molecule has 0 spiro atoms. The number of rotatable bonds is 5. The van der Waals surface area contributed by atoms with Gasteiger partial charge in [-0.25, -0.2) is 15.0 Å². The molecule has 0 aliphatic carbocycles. The van der Waals surface area contributed by atoms with E-state index in [1.165, 1.54) is 5.69 Å². The number of aromatic amines is 2. The number of hydrogen-bond acceptors (Lipinski definition) is 6. The quantitative estimate of drug-likeness (QED) is 0.547. The van der Waals surface area contributed by atoms with Crippen LogP contribution in [0.3, 0.4) is 0 Å². The molecule has 124 valence electrons. The predicted octanol–water partition coefficient (Wildman–Crippen LogP) is 2.26. The summed E-state index contributed by atoms with van der Waals surface area (Å²) in [6, 6.07) is 0. The Morgan fingerprint density at radius 3 is 2.88 bits per heavy atom. The van der Waals surface area contributed by atoms with Gasteiger partial charge in [-0.05, 0) is 5.75 Å². The van der Waals surface area contributed by atoms with Crippen molar-refractivity contribution in [3.05, 3.63) is 41.7 Å². The Labute approximate surface area is 144 Å². The molecule has 0 atom stereocenters. The smallest absolute Gasteiger partial charge is 0.187 e. The summed E-state index contributed by atoms with van der Waals surface area (Å²) in [7, 11) is 0. The lowest BCUT2D eigenvalue weighted by Crippen LogP contribution is -2.30. The molecule has 7 nitrogen and oxygen atoms in total. The molecular weight excluding hydrogens is 322 g/mol. The second-order valence-electron chi connectivity index (χ2n) is 5.77. The Kier molecular flexibility index (Phi) is 4.31. The lowest BCUT2D eigenvalue weighted by Gasteiger charge is -2.25. The highest BCUT2D eigenvalue weighted by Crippen LogP contribution is 2.23. The fourth-order valence-corrected chi connectivity index (χ4v) is 3.40. The summed E-state index contributed by atoms with van der Waals surface area (Å²) < 4.78 is 0. The zero-order valence-electron chi connectivity index (χ0n) is 13.5. The molecule has 1 aliphatic rings. The Balaban J connectivity index is 1.44. The summed E-state index contributed by atoms with van der Waals surface area (Å²) in [6.45, 7) is 4.83. The van der Waals surface area contributed by atoms with Gasteiger partial charge in [-0.3, -0.25) is 10.00 Å². The summed E-state index contributed by atoms with van der Waals surface area (Å²) in [4.78, 5) is 19.3. The van der Waals surface area contributed by atoms with Gasteiger partial charge in [0.05, 0.1) is 23.1 Å². The van der Waals surface area contributed by atoms with Gasteiger partial charge in [0, 0.05) is 50.2 Å². The molecule has 0 radical (unpaired) electrons. The molecule has 2 N–H and O–H groups in total. The minimum atomic E-state index is 0.848. The van der Waals surface area contributed by atoms with Crippen molar-refractivity contribution in [1.29, 1.82) is 0 Å². The van der Waals surface area contributed by atoms with Gasteiger partial charge in [-0.2, -0.15) is 5.10 Å². The number of aromatic nitrogens is 6. The van der Waals surface area contributed by atoms with Crippen molar-refractivity contribution in [3.8, 4) is 11.4 Å². The Bertz CT molecular complexity index is 794. The van der Waals surface area contributed by atoms with Gasteiger partial charge >= 0.3 is 0 Å². The monoisotopic (exact) mass is 341 g/mol. The largest absolute Gasteiger partial charge is 0.340 e. The van der Waals surface area contributed by atoms with Crippen LogP contribution >= 0.6 is 11.8 Å². The maximum absolute atomic E-state index is 4.70. The number of thioether (sulfide) groups is 1. The van der Waals surface area contributed by atoms with E-state index in [-0.39, 0.29) is 0 Å². The zero-order valence-corrected chi connectivity index (χ0v) is 14.3. The molecule has 3 aromatic heterocycles. The van der Waals surface area contributed by atoms with Crippen LogP contribution < -0.4 is 0 Å². The topological polar surface area (TPSA) is 86.4 Å². The van der Waals surface area contributed by atoms with E-state index in [0.29, 0.717) is 0 Å². The summed E-state index contributed by atoms with van der Waals surface area (Å²) >= 11 is 1.67. The van der Waals surface area contributed by atoms with E-state index in [9.17, 15) is 0 Å². The van der Waals surface area contributed by atoms with Crippen LogP contribution in [0, 0.1) is 0 Å².